The van der Waals surface area contributed by atoms with Gasteiger partial charge in [-0.3, -0.25) is 4.79 Å². The normalized spacial score (nSPS) is 21.1. The fraction of sp³-hybridized carbons (Fsp3) is 0.875. The number of rotatable bonds is 2. The lowest BCUT2D eigenvalue weighted by atomic mass is 10.2. The number of carbonyl (C=O) groups excluding carboxylic acids is 1. The number of hydrogen-bond acceptors (Lipinski definition) is 3. The van der Waals surface area contributed by atoms with Crippen LogP contribution in [0.15, 0.2) is 0 Å². The second kappa shape index (κ2) is 7.06. The Hall–Kier alpha value is -0.610. The molecule has 0 aromatic carbocycles. The zero-order valence-electron chi connectivity index (χ0n) is 7.69. The van der Waals surface area contributed by atoms with Crippen LogP contribution in [-0.4, -0.2) is 49.8 Å². The predicted octanol–water partition coefficient (Wildman–Crippen LogP) is -0.138. The van der Waals surface area contributed by atoms with Crippen molar-refractivity contribution in [1.29, 1.82) is 0 Å². The van der Waals surface area contributed by atoms with Gasteiger partial charge in [0.1, 0.15) is 0 Å². The van der Waals surface area contributed by atoms with Crippen LogP contribution in [0.1, 0.15) is 12.8 Å². The maximum absolute atomic E-state index is 9.43. The Kier molecular flexibility index (Phi) is 6.70. The Labute approximate surface area is 73.1 Å². The van der Waals surface area contributed by atoms with Crippen LogP contribution in [0.4, 0.5) is 0 Å². The van der Waals surface area contributed by atoms with Gasteiger partial charge in [-0.25, -0.2) is 0 Å². The molecule has 1 aliphatic rings. The first-order valence-electron chi connectivity index (χ1n) is 4.05. The standard InChI is InChI=1S/C5H10O2.C3H7NO/c6-4-5-2-1-3-7-5;1-4(2)3-5/h5-6H,1-4H2;3H,1-2H3. The first-order chi connectivity index (χ1) is 5.70. The van der Waals surface area contributed by atoms with Gasteiger partial charge in [0.2, 0.25) is 6.41 Å². The second-order valence-electron chi connectivity index (χ2n) is 2.89. The molecule has 0 radical (unpaired) electrons. The number of ether oxygens (including phenoxy) is 1. The summed E-state index contributed by atoms with van der Waals surface area (Å²) in [4.78, 5) is 10.9. The molecule has 4 nitrogen and oxygen atoms in total. The highest BCUT2D eigenvalue weighted by Gasteiger charge is 2.12. The Morgan fingerprint density at radius 1 is 1.67 bits per heavy atom. The summed E-state index contributed by atoms with van der Waals surface area (Å²) < 4.78 is 5.05. The summed E-state index contributed by atoms with van der Waals surface area (Å²) in [7, 11) is 3.38. The third-order valence-corrected chi connectivity index (χ3v) is 1.44. The average Bonchev–Trinajstić information content (AvgIpc) is 2.57. The third kappa shape index (κ3) is 6.12. The summed E-state index contributed by atoms with van der Waals surface area (Å²) >= 11 is 0. The van der Waals surface area contributed by atoms with Crippen molar-refractivity contribution in [1.82, 2.24) is 4.90 Å². The van der Waals surface area contributed by atoms with Crippen LogP contribution in [0.2, 0.25) is 0 Å². The summed E-state index contributed by atoms with van der Waals surface area (Å²) in [6.45, 7) is 1.03. The lowest BCUT2D eigenvalue weighted by Gasteiger charge is -2.00. The van der Waals surface area contributed by atoms with Gasteiger partial charge < -0.3 is 14.7 Å². The number of nitrogens with zero attached hydrogens (tertiary/aromatic N) is 1. The van der Waals surface area contributed by atoms with Gasteiger partial charge in [-0.2, -0.15) is 0 Å². The largest absolute Gasteiger partial charge is 0.394 e. The third-order valence-electron chi connectivity index (χ3n) is 1.44. The SMILES string of the molecule is CN(C)C=O.OCC1CCCO1. The van der Waals surface area contributed by atoms with Crippen LogP contribution in [-0.2, 0) is 9.53 Å². The molecule has 0 aromatic heterocycles. The van der Waals surface area contributed by atoms with Crippen LogP contribution in [0.25, 0.3) is 0 Å². The maximum atomic E-state index is 9.43. The van der Waals surface area contributed by atoms with Crippen LogP contribution in [0.5, 0.6) is 0 Å². The minimum Gasteiger partial charge on any atom is -0.394 e. The van der Waals surface area contributed by atoms with E-state index >= 15 is 0 Å². The molecule has 1 unspecified atom stereocenters. The summed E-state index contributed by atoms with van der Waals surface area (Å²) in [5, 5.41) is 8.44. The van der Waals surface area contributed by atoms with Crippen molar-refractivity contribution in [3.63, 3.8) is 0 Å². The lowest BCUT2D eigenvalue weighted by molar-refractivity contribution is -0.115. The molecule has 1 aliphatic heterocycles. The summed E-state index contributed by atoms with van der Waals surface area (Å²) in [5.74, 6) is 0. The van der Waals surface area contributed by atoms with Crippen molar-refractivity contribution in [2.75, 3.05) is 27.3 Å². The Morgan fingerprint density at radius 3 is 2.42 bits per heavy atom. The molecule has 0 saturated carbocycles. The highest BCUT2D eigenvalue weighted by molar-refractivity contribution is 5.45. The predicted molar refractivity (Wildman–Crippen MR) is 45.8 cm³/mol. The molecule has 1 amide bonds. The summed E-state index contributed by atoms with van der Waals surface area (Å²) in [5.41, 5.74) is 0. The Morgan fingerprint density at radius 2 is 2.25 bits per heavy atom. The van der Waals surface area contributed by atoms with Gasteiger partial charge in [0.05, 0.1) is 12.7 Å². The zero-order valence-corrected chi connectivity index (χ0v) is 7.69. The molecule has 1 N–H and O–H groups in total. The molecule has 0 spiro atoms. The summed E-state index contributed by atoms with van der Waals surface area (Å²) in [6.07, 6.45) is 3.06. The molecule has 1 rings (SSSR count). The Balaban J connectivity index is 0.000000217. The van der Waals surface area contributed by atoms with Gasteiger partial charge in [0.15, 0.2) is 0 Å². The molecule has 12 heavy (non-hydrogen) atoms. The van der Waals surface area contributed by atoms with E-state index in [4.69, 9.17) is 9.84 Å². The fourth-order valence-corrected chi connectivity index (χ4v) is 0.788. The monoisotopic (exact) mass is 175 g/mol. The topological polar surface area (TPSA) is 49.8 Å². The number of aliphatic hydroxyl groups is 1. The van der Waals surface area contributed by atoms with Gasteiger partial charge >= 0.3 is 0 Å². The van der Waals surface area contributed by atoms with Crippen LogP contribution in [0, 0.1) is 0 Å². The molecule has 0 aromatic rings. The first-order valence-corrected chi connectivity index (χ1v) is 4.05. The van der Waals surface area contributed by atoms with Crippen molar-refractivity contribution in [2.45, 2.75) is 18.9 Å². The van der Waals surface area contributed by atoms with Gasteiger partial charge in [-0.1, -0.05) is 0 Å². The quantitative estimate of drug-likeness (QED) is 0.594. The molecule has 1 heterocycles. The average molecular weight is 175 g/mol. The molecule has 72 valence electrons. The molecule has 1 fully saturated rings. The minimum absolute atomic E-state index is 0.153. The maximum Gasteiger partial charge on any atom is 0.209 e. The number of carbonyl (C=O) groups is 1. The molecular formula is C8H17NO3. The first kappa shape index (κ1) is 11.4. The molecule has 0 bridgehead atoms. The van der Waals surface area contributed by atoms with Crippen LogP contribution >= 0.6 is 0 Å². The van der Waals surface area contributed by atoms with Gasteiger partial charge in [0, 0.05) is 20.7 Å². The molecular weight excluding hydrogens is 158 g/mol. The number of hydrogen-bond donors (Lipinski definition) is 1. The highest BCUT2D eigenvalue weighted by Crippen LogP contribution is 2.09. The van der Waals surface area contributed by atoms with E-state index < -0.39 is 0 Å². The van der Waals surface area contributed by atoms with Crippen LogP contribution < -0.4 is 0 Å². The smallest absolute Gasteiger partial charge is 0.209 e. The highest BCUT2D eigenvalue weighted by atomic mass is 16.5. The van der Waals surface area contributed by atoms with E-state index in [2.05, 4.69) is 0 Å². The van der Waals surface area contributed by atoms with E-state index in [9.17, 15) is 4.79 Å². The van der Waals surface area contributed by atoms with Gasteiger partial charge in [-0.15, -0.1) is 0 Å². The number of amides is 1. The second-order valence-corrected chi connectivity index (χ2v) is 2.89. The van der Waals surface area contributed by atoms with Crippen molar-refractivity contribution >= 4 is 6.41 Å². The molecule has 0 aliphatic carbocycles. The van der Waals surface area contributed by atoms with E-state index in [1.807, 2.05) is 0 Å². The Bertz CT molecular complexity index is 111. The molecule has 1 atom stereocenters. The van der Waals surface area contributed by atoms with Crippen molar-refractivity contribution < 1.29 is 14.6 Å². The molecule has 1 saturated heterocycles. The van der Waals surface area contributed by atoms with E-state index in [1.165, 1.54) is 4.90 Å². The van der Waals surface area contributed by atoms with Crippen molar-refractivity contribution in [3.05, 3.63) is 0 Å². The lowest BCUT2D eigenvalue weighted by Crippen LogP contribution is -2.09. The van der Waals surface area contributed by atoms with Gasteiger partial charge in [-0.05, 0) is 12.8 Å². The summed E-state index contributed by atoms with van der Waals surface area (Å²) in [6, 6.07) is 0. The zero-order chi connectivity index (χ0) is 9.40. The van der Waals surface area contributed by atoms with Crippen molar-refractivity contribution in [2.24, 2.45) is 0 Å². The van der Waals surface area contributed by atoms with Gasteiger partial charge in [0.25, 0.3) is 0 Å². The van der Waals surface area contributed by atoms with E-state index in [-0.39, 0.29) is 12.7 Å². The van der Waals surface area contributed by atoms with Crippen LogP contribution in [0.3, 0.4) is 0 Å². The number of aliphatic hydroxyl groups excluding tert-OH is 1. The van der Waals surface area contributed by atoms with Crippen molar-refractivity contribution in [3.8, 4) is 0 Å². The fourth-order valence-electron chi connectivity index (χ4n) is 0.788. The van der Waals surface area contributed by atoms with E-state index in [1.54, 1.807) is 14.1 Å². The van der Waals surface area contributed by atoms with E-state index in [0.29, 0.717) is 0 Å². The van der Waals surface area contributed by atoms with E-state index in [0.717, 1.165) is 25.9 Å². The minimum atomic E-state index is 0.153. The molecule has 4 heteroatoms.